The van der Waals surface area contributed by atoms with Gasteiger partial charge in [0.1, 0.15) is 11.6 Å². The van der Waals surface area contributed by atoms with E-state index in [-0.39, 0.29) is 11.1 Å². The molecule has 1 aliphatic heterocycles. The van der Waals surface area contributed by atoms with Gasteiger partial charge in [-0.1, -0.05) is 0 Å². The number of hydrogen-bond donors (Lipinski definition) is 1. The number of nitrogens with two attached hydrogens (primary N) is 1. The van der Waals surface area contributed by atoms with E-state index in [1.54, 1.807) is 0 Å². The van der Waals surface area contributed by atoms with Crippen LogP contribution in [0.1, 0.15) is 22.8 Å². The standard InChI is InChI=1S/C12H14F2N2O/c1-7-3-8(10(14)4-9(7)13)11(17)16-5-12(2,15)6-16/h3-4H,5-6,15H2,1-2H3. The molecule has 5 heteroatoms. The van der Waals surface area contributed by atoms with Crippen LogP contribution in [0.25, 0.3) is 0 Å². The molecule has 17 heavy (non-hydrogen) atoms. The largest absolute Gasteiger partial charge is 0.335 e. The van der Waals surface area contributed by atoms with Gasteiger partial charge in [-0.25, -0.2) is 8.78 Å². The molecule has 0 saturated carbocycles. The molecule has 0 radical (unpaired) electrons. The molecular formula is C12H14F2N2O. The van der Waals surface area contributed by atoms with E-state index in [9.17, 15) is 13.6 Å². The van der Waals surface area contributed by atoms with Gasteiger partial charge in [0.25, 0.3) is 5.91 Å². The van der Waals surface area contributed by atoms with Crippen molar-refractivity contribution < 1.29 is 13.6 Å². The molecule has 1 amide bonds. The highest BCUT2D eigenvalue weighted by molar-refractivity contribution is 5.95. The first-order valence-corrected chi connectivity index (χ1v) is 5.34. The smallest absolute Gasteiger partial charge is 0.256 e. The van der Waals surface area contributed by atoms with Crippen LogP contribution in [0.3, 0.4) is 0 Å². The minimum absolute atomic E-state index is 0.0978. The van der Waals surface area contributed by atoms with Gasteiger partial charge >= 0.3 is 0 Å². The van der Waals surface area contributed by atoms with Crippen molar-refractivity contribution in [1.29, 1.82) is 0 Å². The van der Waals surface area contributed by atoms with Crippen molar-refractivity contribution in [3.8, 4) is 0 Å². The fourth-order valence-electron chi connectivity index (χ4n) is 1.96. The van der Waals surface area contributed by atoms with Crippen molar-refractivity contribution in [2.45, 2.75) is 19.4 Å². The Morgan fingerprint density at radius 3 is 2.47 bits per heavy atom. The summed E-state index contributed by atoms with van der Waals surface area (Å²) in [4.78, 5) is 13.4. The summed E-state index contributed by atoms with van der Waals surface area (Å²) in [6, 6.07) is 1.98. The number of carbonyl (C=O) groups excluding carboxylic acids is 1. The molecule has 0 unspecified atom stereocenters. The summed E-state index contributed by atoms with van der Waals surface area (Å²) in [6.07, 6.45) is 0. The van der Waals surface area contributed by atoms with Gasteiger partial charge in [-0.15, -0.1) is 0 Å². The molecule has 1 fully saturated rings. The number of hydrogen-bond acceptors (Lipinski definition) is 2. The number of benzene rings is 1. The molecule has 1 aromatic rings. The molecule has 2 N–H and O–H groups in total. The van der Waals surface area contributed by atoms with Crippen LogP contribution in [-0.2, 0) is 0 Å². The maximum Gasteiger partial charge on any atom is 0.256 e. The summed E-state index contributed by atoms with van der Waals surface area (Å²) in [5, 5.41) is 0. The minimum Gasteiger partial charge on any atom is -0.335 e. The summed E-state index contributed by atoms with van der Waals surface area (Å²) in [5.41, 5.74) is 5.53. The molecule has 1 aliphatic rings. The third kappa shape index (κ3) is 2.15. The average molecular weight is 240 g/mol. The average Bonchev–Trinajstić information content (AvgIpc) is 2.19. The van der Waals surface area contributed by atoms with Crippen molar-refractivity contribution >= 4 is 5.91 Å². The summed E-state index contributed by atoms with van der Waals surface area (Å²) >= 11 is 0. The van der Waals surface area contributed by atoms with Crippen molar-refractivity contribution in [2.75, 3.05) is 13.1 Å². The number of aryl methyl sites for hydroxylation is 1. The summed E-state index contributed by atoms with van der Waals surface area (Å²) in [6.45, 7) is 4.10. The van der Waals surface area contributed by atoms with Crippen molar-refractivity contribution in [3.63, 3.8) is 0 Å². The van der Waals surface area contributed by atoms with Crippen LogP contribution in [0.5, 0.6) is 0 Å². The number of amides is 1. The fraction of sp³-hybridized carbons (Fsp3) is 0.417. The molecule has 0 spiro atoms. The molecular weight excluding hydrogens is 226 g/mol. The number of likely N-dealkylation sites (tertiary alicyclic amines) is 1. The van der Waals surface area contributed by atoms with Crippen LogP contribution >= 0.6 is 0 Å². The molecule has 0 aromatic heterocycles. The van der Waals surface area contributed by atoms with Gasteiger partial charge in [-0.3, -0.25) is 4.79 Å². The molecule has 1 heterocycles. The Kier molecular flexibility index (Phi) is 2.66. The van der Waals surface area contributed by atoms with Gasteiger partial charge < -0.3 is 10.6 Å². The molecule has 0 bridgehead atoms. The van der Waals surface area contributed by atoms with E-state index in [0.717, 1.165) is 6.07 Å². The monoisotopic (exact) mass is 240 g/mol. The minimum atomic E-state index is -0.830. The third-order valence-electron chi connectivity index (χ3n) is 2.87. The quantitative estimate of drug-likeness (QED) is 0.807. The number of nitrogens with zero attached hydrogens (tertiary/aromatic N) is 1. The van der Waals surface area contributed by atoms with Gasteiger partial charge in [0, 0.05) is 24.7 Å². The molecule has 2 rings (SSSR count). The molecule has 3 nitrogen and oxygen atoms in total. The molecule has 92 valence electrons. The second-order valence-corrected chi connectivity index (χ2v) is 4.90. The first kappa shape index (κ1) is 12.0. The Hall–Kier alpha value is -1.49. The highest BCUT2D eigenvalue weighted by Crippen LogP contribution is 2.22. The van der Waals surface area contributed by atoms with Crippen molar-refractivity contribution in [3.05, 3.63) is 34.9 Å². The number of rotatable bonds is 1. The molecule has 1 aromatic carbocycles. The fourth-order valence-corrected chi connectivity index (χ4v) is 1.96. The van der Waals surface area contributed by atoms with Crippen molar-refractivity contribution in [2.24, 2.45) is 5.73 Å². The maximum atomic E-state index is 13.5. The Bertz CT molecular complexity index is 478. The van der Waals surface area contributed by atoms with Crippen LogP contribution in [0.4, 0.5) is 8.78 Å². The zero-order valence-corrected chi connectivity index (χ0v) is 9.76. The van der Waals surface area contributed by atoms with Crippen LogP contribution < -0.4 is 5.73 Å². The maximum absolute atomic E-state index is 13.5. The van der Waals surface area contributed by atoms with E-state index in [0.29, 0.717) is 13.1 Å². The zero-order valence-electron chi connectivity index (χ0n) is 9.76. The zero-order chi connectivity index (χ0) is 12.8. The first-order chi connectivity index (χ1) is 7.80. The van der Waals surface area contributed by atoms with E-state index in [2.05, 4.69) is 0 Å². The third-order valence-corrected chi connectivity index (χ3v) is 2.87. The van der Waals surface area contributed by atoms with Crippen LogP contribution in [0.2, 0.25) is 0 Å². The predicted molar refractivity (Wildman–Crippen MR) is 59.6 cm³/mol. The van der Waals surface area contributed by atoms with Gasteiger partial charge in [0.2, 0.25) is 0 Å². The first-order valence-electron chi connectivity index (χ1n) is 5.34. The Balaban J connectivity index is 2.24. The van der Waals surface area contributed by atoms with Crippen LogP contribution in [0.15, 0.2) is 12.1 Å². The summed E-state index contributed by atoms with van der Waals surface area (Å²) < 4.78 is 26.5. The molecule has 0 aliphatic carbocycles. The van der Waals surface area contributed by atoms with Crippen LogP contribution in [-0.4, -0.2) is 29.4 Å². The molecule has 1 saturated heterocycles. The van der Waals surface area contributed by atoms with E-state index < -0.39 is 23.1 Å². The van der Waals surface area contributed by atoms with Crippen molar-refractivity contribution in [1.82, 2.24) is 4.90 Å². The predicted octanol–water partition coefficient (Wildman–Crippen LogP) is 1.45. The highest BCUT2D eigenvalue weighted by Gasteiger charge is 2.38. The highest BCUT2D eigenvalue weighted by atomic mass is 19.1. The Morgan fingerprint density at radius 2 is 1.94 bits per heavy atom. The van der Waals surface area contributed by atoms with Gasteiger partial charge in [-0.05, 0) is 25.5 Å². The number of halogens is 2. The topological polar surface area (TPSA) is 46.3 Å². The van der Waals surface area contributed by atoms with E-state index >= 15 is 0 Å². The van der Waals surface area contributed by atoms with Gasteiger partial charge in [0.15, 0.2) is 0 Å². The Labute approximate surface area is 98.2 Å². The number of carbonyl (C=O) groups is 1. The normalized spacial score (nSPS) is 17.8. The second kappa shape index (κ2) is 3.77. The lowest BCUT2D eigenvalue weighted by Crippen LogP contribution is -2.66. The molecule has 0 atom stereocenters. The summed E-state index contributed by atoms with van der Waals surface area (Å²) in [7, 11) is 0. The lowest BCUT2D eigenvalue weighted by molar-refractivity contribution is 0.0449. The second-order valence-electron chi connectivity index (χ2n) is 4.90. The van der Waals surface area contributed by atoms with Gasteiger partial charge in [0.05, 0.1) is 5.56 Å². The van der Waals surface area contributed by atoms with Crippen LogP contribution in [0, 0.1) is 18.6 Å². The van der Waals surface area contributed by atoms with E-state index in [4.69, 9.17) is 5.73 Å². The summed E-state index contributed by atoms with van der Waals surface area (Å²) in [5.74, 6) is -1.91. The van der Waals surface area contributed by atoms with E-state index in [1.165, 1.54) is 17.9 Å². The van der Waals surface area contributed by atoms with Gasteiger partial charge in [-0.2, -0.15) is 0 Å². The lowest BCUT2D eigenvalue weighted by atomic mass is 9.92. The van der Waals surface area contributed by atoms with E-state index in [1.807, 2.05) is 6.92 Å². The Morgan fingerprint density at radius 1 is 1.35 bits per heavy atom. The SMILES string of the molecule is Cc1cc(C(=O)N2CC(C)(N)C2)c(F)cc1F. The lowest BCUT2D eigenvalue weighted by Gasteiger charge is -2.45.